The third kappa shape index (κ3) is 5.84. The first-order chi connectivity index (χ1) is 14.0. The van der Waals surface area contributed by atoms with E-state index in [2.05, 4.69) is 5.32 Å². The number of amides is 1. The molecule has 1 aromatic carbocycles. The Morgan fingerprint density at radius 1 is 1.35 bits per heavy atom. The molecule has 31 heavy (non-hydrogen) atoms. The van der Waals surface area contributed by atoms with E-state index in [1.807, 2.05) is 0 Å². The smallest absolute Gasteiger partial charge is 0.269 e. The van der Waals surface area contributed by atoms with Gasteiger partial charge in [0, 0.05) is 25.5 Å². The summed E-state index contributed by atoms with van der Waals surface area (Å²) < 4.78 is 10.7. The number of benzene rings is 1. The van der Waals surface area contributed by atoms with Crippen LogP contribution in [0, 0.1) is 10.1 Å². The summed E-state index contributed by atoms with van der Waals surface area (Å²) in [5.74, 6) is -5.45. The number of carboxylic acids is 1. The van der Waals surface area contributed by atoms with Gasteiger partial charge < -0.3 is 51.3 Å². The number of quaternary nitrogens is 1. The lowest BCUT2D eigenvalue weighted by Gasteiger charge is -2.48. The largest absolute Gasteiger partial charge is 0.543 e. The third-order valence-corrected chi connectivity index (χ3v) is 4.50. The van der Waals surface area contributed by atoms with Crippen LogP contribution in [0.25, 0.3) is 0 Å². The zero-order valence-electron chi connectivity index (χ0n) is 16.7. The van der Waals surface area contributed by atoms with E-state index in [4.69, 9.17) is 14.6 Å². The number of nitrogens with one attached hydrogen (secondary N) is 1. The standard InChI is InChI=1S/C17H22N2O11.H3N/c1-8(21)18-13-11(22)6-17(16(25)26,30-15(13)14(24)12(23)7-20)29-10-4-2-9(3-5-10)19(27)28;/h2-5,11-15,20,22-24H,6-7H2,1H3,(H,18,21)(H,25,26);1H3/t11-,12+,13+,14+,15+,17+;/m0./s1. The first-order valence-corrected chi connectivity index (χ1v) is 8.75. The van der Waals surface area contributed by atoms with Crippen LogP contribution in [0.3, 0.4) is 0 Å². The van der Waals surface area contributed by atoms with Crippen LogP contribution >= 0.6 is 0 Å². The lowest BCUT2D eigenvalue weighted by Crippen LogP contribution is -2.70. The Hall–Kier alpha value is -2.88. The molecule has 1 amide bonds. The molecule has 9 N–H and O–H groups in total. The van der Waals surface area contributed by atoms with Crippen LogP contribution in [0.2, 0.25) is 0 Å². The van der Waals surface area contributed by atoms with Crippen molar-refractivity contribution in [2.45, 2.75) is 49.6 Å². The van der Waals surface area contributed by atoms with Gasteiger partial charge in [-0.3, -0.25) is 14.9 Å². The Morgan fingerprint density at radius 2 is 1.94 bits per heavy atom. The fourth-order valence-electron chi connectivity index (χ4n) is 3.05. The number of carbonyl (C=O) groups is 2. The molecule has 1 aliphatic heterocycles. The zero-order chi connectivity index (χ0) is 22.6. The van der Waals surface area contributed by atoms with Crippen molar-refractivity contribution in [3.05, 3.63) is 34.4 Å². The third-order valence-electron chi connectivity index (χ3n) is 4.50. The number of carbonyl (C=O) groups excluding carboxylic acids is 2. The second-order valence-corrected chi connectivity index (χ2v) is 6.71. The van der Waals surface area contributed by atoms with Gasteiger partial charge in [0.15, 0.2) is 0 Å². The number of hydrogen-bond acceptors (Lipinski definition) is 11. The highest BCUT2D eigenvalue weighted by Gasteiger charge is 2.53. The average Bonchev–Trinajstić information content (AvgIpc) is 2.68. The van der Waals surface area contributed by atoms with Crippen molar-refractivity contribution in [2.24, 2.45) is 0 Å². The predicted molar refractivity (Wildman–Crippen MR) is 99.6 cm³/mol. The second kappa shape index (κ2) is 10.4. The van der Waals surface area contributed by atoms with Crippen molar-refractivity contribution < 1.29 is 49.5 Å². The normalized spacial score (nSPS) is 27.3. The molecule has 1 aromatic rings. The molecule has 6 atom stereocenters. The van der Waals surface area contributed by atoms with Crippen LogP contribution in [0.4, 0.5) is 5.69 Å². The molecule has 0 spiro atoms. The van der Waals surface area contributed by atoms with Gasteiger partial charge in [-0.25, -0.2) is 0 Å². The minimum absolute atomic E-state index is 0. The average molecular weight is 447 g/mol. The van der Waals surface area contributed by atoms with Crippen LogP contribution in [-0.4, -0.2) is 80.1 Å². The summed E-state index contributed by atoms with van der Waals surface area (Å²) in [5, 5.41) is 64.5. The molecule has 0 aliphatic carbocycles. The van der Waals surface area contributed by atoms with Crippen molar-refractivity contribution in [1.82, 2.24) is 11.5 Å². The predicted octanol–water partition coefficient (Wildman–Crippen LogP) is -2.84. The molecule has 0 bridgehead atoms. The molecule has 0 aromatic heterocycles. The summed E-state index contributed by atoms with van der Waals surface area (Å²) in [6.07, 6.45) is -7.84. The van der Waals surface area contributed by atoms with E-state index in [0.717, 1.165) is 31.2 Å². The number of nitro groups is 1. The number of rotatable bonds is 8. The molecular formula is C17H25N3O11. The van der Waals surface area contributed by atoms with Gasteiger partial charge in [-0.05, 0) is 12.1 Å². The Bertz CT molecular complexity index is 790. The molecule has 14 nitrogen and oxygen atoms in total. The fourth-order valence-corrected chi connectivity index (χ4v) is 3.05. The molecule has 174 valence electrons. The van der Waals surface area contributed by atoms with Crippen LogP contribution < -0.4 is 21.3 Å². The van der Waals surface area contributed by atoms with Crippen molar-refractivity contribution in [1.29, 1.82) is 0 Å². The molecule has 0 unspecified atom stereocenters. The summed E-state index contributed by atoms with van der Waals surface area (Å²) in [5.41, 5.74) is -0.292. The van der Waals surface area contributed by atoms with Crippen molar-refractivity contribution in [3.63, 3.8) is 0 Å². The highest BCUT2D eigenvalue weighted by atomic mass is 16.7. The number of aliphatic hydroxyl groups is 4. The number of aliphatic carboxylic acids is 1. The highest BCUT2D eigenvalue weighted by Crippen LogP contribution is 2.34. The Labute approximate surface area is 175 Å². The lowest BCUT2D eigenvalue weighted by molar-refractivity contribution is -0.385. The van der Waals surface area contributed by atoms with Gasteiger partial charge in [-0.2, -0.15) is 0 Å². The molecule has 0 saturated carbocycles. The zero-order valence-corrected chi connectivity index (χ0v) is 16.7. The number of hydrogen-bond donors (Lipinski definition) is 6. The van der Waals surface area contributed by atoms with Gasteiger partial charge in [0.2, 0.25) is 5.91 Å². The molecule has 1 fully saturated rings. The Kier molecular flexibility index (Phi) is 8.80. The van der Waals surface area contributed by atoms with Crippen LogP contribution in [-0.2, 0) is 14.3 Å². The summed E-state index contributed by atoms with van der Waals surface area (Å²) in [6, 6.07) is 2.91. The topological polar surface area (TPSA) is 248 Å². The number of aliphatic hydroxyl groups excluding tert-OH is 4. The van der Waals surface area contributed by atoms with Crippen LogP contribution in [0.1, 0.15) is 13.3 Å². The molecule has 0 radical (unpaired) electrons. The fraction of sp³-hybridized carbons (Fsp3) is 0.529. The SMILES string of the molecule is CC(=O)N[C@H]1[C@H]([C@H](O)[C@H](O)CO)O[C@@](Oc2ccc([N+](=O)[O-])cc2)(C(=O)[O-])C[C@@H]1O.[NH4+]. The van der Waals surface area contributed by atoms with Gasteiger partial charge in [0.1, 0.15) is 30.0 Å². The quantitative estimate of drug-likeness (QED) is 0.175. The summed E-state index contributed by atoms with van der Waals surface area (Å²) in [4.78, 5) is 33.4. The minimum Gasteiger partial charge on any atom is -0.543 e. The van der Waals surface area contributed by atoms with Gasteiger partial charge in [0.25, 0.3) is 11.5 Å². The van der Waals surface area contributed by atoms with Crippen LogP contribution in [0.5, 0.6) is 5.75 Å². The van der Waals surface area contributed by atoms with Crippen molar-refractivity contribution in [3.8, 4) is 5.75 Å². The first-order valence-electron chi connectivity index (χ1n) is 8.75. The molecule has 1 saturated heterocycles. The number of nitrogens with zero attached hydrogens (tertiary/aromatic N) is 1. The molecule has 1 aliphatic rings. The second-order valence-electron chi connectivity index (χ2n) is 6.71. The maximum Gasteiger partial charge on any atom is 0.269 e. The van der Waals surface area contributed by atoms with E-state index in [-0.39, 0.29) is 17.6 Å². The summed E-state index contributed by atoms with van der Waals surface area (Å²) in [7, 11) is 0. The van der Waals surface area contributed by atoms with E-state index >= 15 is 0 Å². The van der Waals surface area contributed by atoms with E-state index < -0.39 is 66.1 Å². The first kappa shape index (κ1) is 26.2. The summed E-state index contributed by atoms with van der Waals surface area (Å²) >= 11 is 0. The Morgan fingerprint density at radius 3 is 2.39 bits per heavy atom. The van der Waals surface area contributed by atoms with E-state index in [1.165, 1.54) is 0 Å². The van der Waals surface area contributed by atoms with Gasteiger partial charge in [-0.1, -0.05) is 0 Å². The molecule has 14 heteroatoms. The minimum atomic E-state index is -2.68. The number of ether oxygens (including phenoxy) is 2. The number of carboxylic acid groups (broad SMARTS) is 1. The van der Waals surface area contributed by atoms with Crippen molar-refractivity contribution in [2.75, 3.05) is 6.61 Å². The summed E-state index contributed by atoms with van der Waals surface area (Å²) in [6.45, 7) is 0.179. The Balaban J connectivity index is 0.00000480. The van der Waals surface area contributed by atoms with Gasteiger partial charge in [0.05, 0.1) is 23.7 Å². The molecular weight excluding hydrogens is 422 g/mol. The van der Waals surface area contributed by atoms with E-state index in [1.54, 1.807) is 0 Å². The molecule has 1 heterocycles. The maximum absolute atomic E-state index is 11.9. The van der Waals surface area contributed by atoms with Crippen LogP contribution in [0.15, 0.2) is 24.3 Å². The highest BCUT2D eigenvalue weighted by molar-refractivity contribution is 5.75. The number of nitro benzene ring substituents is 1. The van der Waals surface area contributed by atoms with E-state index in [0.29, 0.717) is 0 Å². The monoisotopic (exact) mass is 447 g/mol. The van der Waals surface area contributed by atoms with E-state index in [9.17, 15) is 40.1 Å². The van der Waals surface area contributed by atoms with Crippen molar-refractivity contribution >= 4 is 17.6 Å². The van der Waals surface area contributed by atoms with Gasteiger partial charge in [-0.15, -0.1) is 0 Å². The lowest BCUT2D eigenvalue weighted by atomic mass is 9.88. The maximum atomic E-state index is 11.9. The van der Waals surface area contributed by atoms with Gasteiger partial charge >= 0.3 is 0 Å². The molecule has 2 rings (SSSR count). The number of non-ortho nitro benzene ring substituents is 1.